The van der Waals surface area contributed by atoms with Crippen LogP contribution in [0.2, 0.25) is 0 Å². The van der Waals surface area contributed by atoms with Crippen molar-refractivity contribution in [3.8, 4) is 11.5 Å². The van der Waals surface area contributed by atoms with Gasteiger partial charge in [0.05, 0.1) is 24.9 Å². The van der Waals surface area contributed by atoms with Crippen molar-refractivity contribution in [3.63, 3.8) is 0 Å². The van der Waals surface area contributed by atoms with Gasteiger partial charge in [-0.25, -0.2) is 0 Å². The fourth-order valence-corrected chi connectivity index (χ4v) is 7.60. The van der Waals surface area contributed by atoms with Gasteiger partial charge in [0.1, 0.15) is 23.0 Å². The fourth-order valence-electron chi connectivity index (χ4n) is 4.73. The molecule has 9 heteroatoms. The molecule has 1 saturated carbocycles. The number of Topliss-reactive ketones (excluding diaryl/α,β-unsaturated/α-hetero) is 1. The van der Waals surface area contributed by atoms with E-state index in [1.54, 1.807) is 23.9 Å². The zero-order valence-corrected chi connectivity index (χ0v) is 22.6. The van der Waals surface area contributed by atoms with Crippen LogP contribution in [0.1, 0.15) is 68.8 Å². The van der Waals surface area contributed by atoms with E-state index < -0.39 is 6.10 Å². The predicted molar refractivity (Wildman–Crippen MR) is 140 cm³/mol. The Labute approximate surface area is 216 Å². The van der Waals surface area contributed by atoms with Crippen LogP contribution in [0.4, 0.5) is 0 Å². The molecule has 1 heterocycles. The van der Waals surface area contributed by atoms with Crippen molar-refractivity contribution in [1.29, 1.82) is 0 Å². The van der Waals surface area contributed by atoms with Gasteiger partial charge in [0.25, 0.3) is 0 Å². The third-order valence-electron chi connectivity index (χ3n) is 6.37. The molecule has 1 aliphatic heterocycles. The van der Waals surface area contributed by atoms with Crippen molar-refractivity contribution in [2.75, 3.05) is 31.3 Å². The number of carbonyl (C=O) groups excluding carboxylic acids is 2. The molecular weight excluding hydrogens is 488 g/mol. The van der Waals surface area contributed by atoms with Gasteiger partial charge in [-0.3, -0.25) is 9.59 Å². The molecule has 3 rings (SSSR count). The zero-order chi connectivity index (χ0) is 25.4. The number of rotatable bonds is 13. The molecule has 0 aromatic heterocycles. The van der Waals surface area contributed by atoms with Gasteiger partial charge in [-0.2, -0.15) is 11.8 Å². The Bertz CT molecular complexity index is 878. The molecule has 35 heavy (non-hydrogen) atoms. The number of phenols is 1. The summed E-state index contributed by atoms with van der Waals surface area (Å²) in [5.41, 5.74) is 0.906. The van der Waals surface area contributed by atoms with Gasteiger partial charge in [-0.1, -0.05) is 13.3 Å². The molecule has 1 aromatic rings. The number of aliphatic hydroxyl groups is 1. The SMILES string of the molecule is CCCc1c(OCC(O)CSCC2COC3(CCC(CC(=O)OCC)C3)S2)ccc(C(C)=O)c1O. The van der Waals surface area contributed by atoms with Crippen LogP contribution in [-0.4, -0.2) is 69.6 Å². The summed E-state index contributed by atoms with van der Waals surface area (Å²) >= 11 is 3.55. The van der Waals surface area contributed by atoms with E-state index in [2.05, 4.69) is 0 Å². The van der Waals surface area contributed by atoms with Gasteiger partial charge in [0.2, 0.25) is 0 Å². The summed E-state index contributed by atoms with van der Waals surface area (Å²) in [7, 11) is 0. The number of esters is 1. The maximum atomic E-state index is 11.8. The third kappa shape index (κ3) is 7.78. The first-order valence-electron chi connectivity index (χ1n) is 12.5. The number of phenolic OH excluding ortho intramolecular Hbond substituents is 1. The second-order valence-electron chi connectivity index (χ2n) is 9.33. The summed E-state index contributed by atoms with van der Waals surface area (Å²) < 4.78 is 17.1. The maximum absolute atomic E-state index is 11.8. The first-order valence-corrected chi connectivity index (χ1v) is 14.5. The highest BCUT2D eigenvalue weighted by molar-refractivity contribution is 8.04. The number of benzene rings is 1. The molecule has 196 valence electrons. The van der Waals surface area contributed by atoms with Crippen molar-refractivity contribution in [2.24, 2.45) is 5.92 Å². The van der Waals surface area contributed by atoms with Crippen molar-refractivity contribution in [1.82, 2.24) is 0 Å². The summed E-state index contributed by atoms with van der Waals surface area (Å²) in [4.78, 5) is 23.3. The molecule has 1 saturated heterocycles. The third-order valence-corrected chi connectivity index (χ3v) is 9.40. The van der Waals surface area contributed by atoms with Crippen LogP contribution in [0, 0.1) is 5.92 Å². The Kier molecular flexibility index (Phi) is 10.6. The predicted octanol–water partition coefficient (Wildman–Crippen LogP) is 4.60. The lowest BCUT2D eigenvalue weighted by Crippen LogP contribution is -2.22. The summed E-state index contributed by atoms with van der Waals surface area (Å²) in [6.45, 7) is 6.49. The molecule has 4 atom stereocenters. The van der Waals surface area contributed by atoms with Crippen molar-refractivity contribution in [3.05, 3.63) is 23.3 Å². The van der Waals surface area contributed by atoms with E-state index in [9.17, 15) is 19.8 Å². The zero-order valence-electron chi connectivity index (χ0n) is 20.9. The minimum Gasteiger partial charge on any atom is -0.507 e. The lowest BCUT2D eigenvalue weighted by atomic mass is 10.0. The number of aromatic hydroxyl groups is 1. The number of thioether (sulfide) groups is 2. The number of aliphatic hydroxyl groups excluding tert-OH is 1. The summed E-state index contributed by atoms with van der Waals surface area (Å²) in [5, 5.41) is 21.3. The summed E-state index contributed by atoms with van der Waals surface area (Å²) in [5.74, 6) is 1.92. The van der Waals surface area contributed by atoms with E-state index in [0.29, 0.717) is 59.9 Å². The van der Waals surface area contributed by atoms with Crippen LogP contribution >= 0.6 is 23.5 Å². The average Bonchev–Trinajstić information content (AvgIpc) is 3.39. The van der Waals surface area contributed by atoms with Crippen LogP contribution in [0.5, 0.6) is 11.5 Å². The van der Waals surface area contributed by atoms with Gasteiger partial charge in [-0.05, 0) is 57.6 Å². The van der Waals surface area contributed by atoms with Crippen LogP contribution in [-0.2, 0) is 20.7 Å². The monoisotopic (exact) mass is 526 g/mol. The molecule has 2 aliphatic rings. The first kappa shape index (κ1) is 28.2. The second kappa shape index (κ2) is 13.2. The van der Waals surface area contributed by atoms with Crippen LogP contribution in [0.15, 0.2) is 12.1 Å². The average molecular weight is 527 g/mol. The van der Waals surface area contributed by atoms with E-state index in [1.165, 1.54) is 6.92 Å². The molecule has 4 unspecified atom stereocenters. The number of ketones is 1. The Morgan fingerprint density at radius 2 is 2.14 bits per heavy atom. The van der Waals surface area contributed by atoms with Crippen molar-refractivity contribution < 1.29 is 34.0 Å². The molecule has 0 radical (unpaired) electrons. The minimum absolute atomic E-state index is 0.0238. The smallest absolute Gasteiger partial charge is 0.306 e. The highest BCUT2D eigenvalue weighted by Crippen LogP contribution is 2.52. The van der Waals surface area contributed by atoms with E-state index in [-0.39, 0.29) is 29.0 Å². The lowest BCUT2D eigenvalue weighted by molar-refractivity contribution is -0.144. The Morgan fingerprint density at radius 1 is 1.34 bits per heavy atom. The van der Waals surface area contributed by atoms with Gasteiger partial charge in [0.15, 0.2) is 5.78 Å². The second-order valence-corrected chi connectivity index (χ2v) is 12.0. The lowest BCUT2D eigenvalue weighted by Gasteiger charge is -2.22. The standard InChI is InChI=1S/C26H38O7S2/c1-4-6-22-23(8-7-21(17(3)27)25(22)30)32-13-19(28)15-34-16-20-14-33-26(35-20)10-9-18(12-26)11-24(29)31-5-2/h7-8,18-20,28,30H,4-6,9-16H2,1-3H3. The van der Waals surface area contributed by atoms with E-state index in [1.807, 2.05) is 25.6 Å². The Balaban J connectivity index is 1.40. The number of hydrogen-bond acceptors (Lipinski definition) is 9. The molecule has 1 aliphatic carbocycles. The highest BCUT2D eigenvalue weighted by Gasteiger charge is 2.47. The van der Waals surface area contributed by atoms with Crippen LogP contribution in [0.25, 0.3) is 0 Å². The summed E-state index contributed by atoms with van der Waals surface area (Å²) in [6, 6.07) is 3.27. The molecule has 1 spiro atoms. The normalized spacial score (nSPS) is 24.6. The molecule has 0 bridgehead atoms. The molecule has 1 aromatic carbocycles. The minimum atomic E-state index is -0.647. The van der Waals surface area contributed by atoms with Gasteiger partial charge in [0, 0.05) is 28.7 Å². The van der Waals surface area contributed by atoms with Crippen molar-refractivity contribution >= 4 is 35.3 Å². The molecule has 0 amide bonds. The Morgan fingerprint density at radius 3 is 2.86 bits per heavy atom. The number of carbonyl (C=O) groups is 2. The first-order chi connectivity index (χ1) is 16.8. The maximum Gasteiger partial charge on any atom is 0.306 e. The van der Waals surface area contributed by atoms with Gasteiger partial charge >= 0.3 is 5.97 Å². The van der Waals surface area contributed by atoms with Crippen molar-refractivity contribution in [2.45, 2.75) is 75.6 Å². The van der Waals surface area contributed by atoms with E-state index >= 15 is 0 Å². The molecule has 2 fully saturated rings. The fraction of sp³-hybridized carbons (Fsp3) is 0.692. The molecule has 7 nitrogen and oxygen atoms in total. The largest absolute Gasteiger partial charge is 0.507 e. The number of ether oxygens (including phenoxy) is 3. The quantitative estimate of drug-likeness (QED) is 0.282. The van der Waals surface area contributed by atoms with E-state index in [4.69, 9.17) is 14.2 Å². The Hall–Kier alpha value is -1.42. The van der Waals surface area contributed by atoms with Gasteiger partial charge < -0.3 is 24.4 Å². The molecule has 2 N–H and O–H groups in total. The van der Waals surface area contributed by atoms with Crippen LogP contribution < -0.4 is 4.74 Å². The van der Waals surface area contributed by atoms with Gasteiger partial charge in [-0.15, -0.1) is 11.8 Å². The summed E-state index contributed by atoms with van der Waals surface area (Å²) in [6.07, 6.45) is 4.07. The number of hydrogen-bond donors (Lipinski definition) is 2. The van der Waals surface area contributed by atoms with Crippen LogP contribution in [0.3, 0.4) is 0 Å². The molecular formula is C26H38O7S2. The topological polar surface area (TPSA) is 102 Å². The van der Waals surface area contributed by atoms with E-state index in [0.717, 1.165) is 31.4 Å². The highest BCUT2D eigenvalue weighted by atomic mass is 32.2.